The molecule has 0 saturated heterocycles. The Morgan fingerprint density at radius 2 is 2.18 bits per heavy atom. The number of hydrogen-bond donors (Lipinski definition) is 0. The second kappa shape index (κ2) is 3.75. The molecule has 0 N–H and O–H groups in total. The minimum Gasteiger partial charge on any atom is -0.0991 e. The Hall–Kier alpha value is -0.520. The first kappa shape index (κ1) is 8.58. The van der Waals surface area contributed by atoms with E-state index in [1.165, 1.54) is 24.8 Å². The van der Waals surface area contributed by atoms with E-state index in [0.717, 1.165) is 11.8 Å². The minimum atomic E-state index is 0.841. The first-order chi connectivity index (χ1) is 5.25. The average molecular weight is 150 g/mol. The first-order valence-electron chi connectivity index (χ1n) is 4.55. The van der Waals surface area contributed by atoms with Gasteiger partial charge in [-0.05, 0) is 25.2 Å². The highest BCUT2D eigenvalue weighted by atomic mass is 14.3. The van der Waals surface area contributed by atoms with Crippen molar-refractivity contribution in [3.8, 4) is 0 Å². The molecule has 0 aromatic carbocycles. The fourth-order valence-electron chi connectivity index (χ4n) is 2.13. The van der Waals surface area contributed by atoms with Crippen molar-refractivity contribution in [2.24, 2.45) is 11.8 Å². The minimum absolute atomic E-state index is 0.841. The van der Waals surface area contributed by atoms with Crippen molar-refractivity contribution in [3.63, 3.8) is 0 Å². The molecule has 0 aliphatic heterocycles. The summed E-state index contributed by atoms with van der Waals surface area (Å²) in [7, 11) is 0. The van der Waals surface area contributed by atoms with Gasteiger partial charge in [-0.2, -0.15) is 0 Å². The zero-order valence-electron chi connectivity index (χ0n) is 7.64. The highest BCUT2D eigenvalue weighted by molar-refractivity contribution is 5.13. The average Bonchev–Trinajstić information content (AvgIpc) is 2.36. The second-order valence-electron chi connectivity index (χ2n) is 3.66. The Morgan fingerprint density at radius 1 is 1.45 bits per heavy atom. The molecule has 1 rings (SSSR count). The van der Waals surface area contributed by atoms with E-state index in [0.29, 0.717) is 0 Å². The summed E-state index contributed by atoms with van der Waals surface area (Å²) in [6.45, 7) is 8.31. The molecule has 1 unspecified atom stereocenters. The van der Waals surface area contributed by atoms with Crippen LogP contribution in [0.15, 0.2) is 24.3 Å². The van der Waals surface area contributed by atoms with Crippen LogP contribution in [0.3, 0.4) is 0 Å². The Bertz CT molecular complexity index is 165. The Labute approximate surface area is 70.0 Å². The zero-order chi connectivity index (χ0) is 8.27. The zero-order valence-corrected chi connectivity index (χ0v) is 7.64. The van der Waals surface area contributed by atoms with Gasteiger partial charge in [0.2, 0.25) is 0 Å². The maximum atomic E-state index is 3.72. The van der Waals surface area contributed by atoms with Crippen LogP contribution in [0.1, 0.15) is 33.1 Å². The lowest BCUT2D eigenvalue weighted by molar-refractivity contribution is 0.480. The third kappa shape index (κ3) is 1.95. The molecule has 1 saturated carbocycles. The third-order valence-corrected chi connectivity index (χ3v) is 2.83. The van der Waals surface area contributed by atoms with Crippen molar-refractivity contribution in [3.05, 3.63) is 24.3 Å². The lowest BCUT2D eigenvalue weighted by atomic mass is 9.91. The van der Waals surface area contributed by atoms with Gasteiger partial charge in [-0.15, -0.1) is 0 Å². The molecule has 0 amide bonds. The van der Waals surface area contributed by atoms with Crippen molar-refractivity contribution >= 4 is 0 Å². The number of hydrogen-bond acceptors (Lipinski definition) is 0. The maximum absolute atomic E-state index is 3.72. The van der Waals surface area contributed by atoms with Crippen LogP contribution in [0.4, 0.5) is 0 Å². The van der Waals surface area contributed by atoms with Crippen LogP contribution in [-0.2, 0) is 0 Å². The van der Waals surface area contributed by atoms with Gasteiger partial charge in [0.25, 0.3) is 0 Å². The normalized spacial score (nSPS) is 32.4. The molecule has 1 aliphatic rings. The number of rotatable bonds is 2. The molecule has 0 spiro atoms. The molecule has 62 valence electrons. The van der Waals surface area contributed by atoms with Crippen molar-refractivity contribution in [1.29, 1.82) is 0 Å². The van der Waals surface area contributed by atoms with E-state index in [4.69, 9.17) is 0 Å². The molecular formula is C11H18. The first-order valence-corrected chi connectivity index (χ1v) is 4.55. The highest BCUT2D eigenvalue weighted by Crippen LogP contribution is 2.35. The topological polar surface area (TPSA) is 0 Å². The molecule has 0 aromatic rings. The summed E-state index contributed by atoms with van der Waals surface area (Å²) in [6.07, 6.45) is 8.27. The molecule has 0 bridgehead atoms. The molecule has 0 nitrogen and oxygen atoms in total. The fraction of sp³-hybridized carbons (Fsp3) is 0.636. The van der Waals surface area contributed by atoms with E-state index < -0.39 is 0 Å². The van der Waals surface area contributed by atoms with E-state index >= 15 is 0 Å². The van der Waals surface area contributed by atoms with E-state index in [1.54, 1.807) is 0 Å². The SMILES string of the molecule is C=CC=C(C)C1CCC[C@H]1C. The van der Waals surface area contributed by atoms with Gasteiger partial charge in [0.05, 0.1) is 0 Å². The van der Waals surface area contributed by atoms with Crippen molar-refractivity contribution in [1.82, 2.24) is 0 Å². The third-order valence-electron chi connectivity index (χ3n) is 2.83. The van der Waals surface area contributed by atoms with Gasteiger partial charge in [0, 0.05) is 0 Å². The molecule has 0 heteroatoms. The predicted molar refractivity (Wildman–Crippen MR) is 50.5 cm³/mol. The summed E-state index contributed by atoms with van der Waals surface area (Å²) < 4.78 is 0. The van der Waals surface area contributed by atoms with Crippen LogP contribution in [0.2, 0.25) is 0 Å². The number of allylic oxidation sites excluding steroid dienone is 3. The lowest BCUT2D eigenvalue weighted by Gasteiger charge is -2.15. The van der Waals surface area contributed by atoms with Crippen molar-refractivity contribution in [2.75, 3.05) is 0 Å². The van der Waals surface area contributed by atoms with E-state index in [1.807, 2.05) is 6.08 Å². The van der Waals surface area contributed by atoms with Crippen molar-refractivity contribution in [2.45, 2.75) is 33.1 Å². The van der Waals surface area contributed by atoms with Crippen LogP contribution >= 0.6 is 0 Å². The summed E-state index contributed by atoms with van der Waals surface area (Å²) in [4.78, 5) is 0. The van der Waals surface area contributed by atoms with E-state index in [2.05, 4.69) is 26.5 Å². The summed E-state index contributed by atoms with van der Waals surface area (Å²) in [5, 5.41) is 0. The smallest absolute Gasteiger partial charge is 0.0177 e. The molecule has 1 fully saturated rings. The maximum Gasteiger partial charge on any atom is -0.0177 e. The van der Waals surface area contributed by atoms with Crippen molar-refractivity contribution < 1.29 is 0 Å². The van der Waals surface area contributed by atoms with Crippen LogP contribution in [-0.4, -0.2) is 0 Å². The lowest BCUT2D eigenvalue weighted by Crippen LogP contribution is -2.04. The van der Waals surface area contributed by atoms with Gasteiger partial charge < -0.3 is 0 Å². The van der Waals surface area contributed by atoms with Crippen LogP contribution in [0.25, 0.3) is 0 Å². The second-order valence-corrected chi connectivity index (χ2v) is 3.66. The standard InChI is InChI=1S/C11H18/c1-4-6-9(2)11-8-5-7-10(11)3/h4,6,10-11H,1,5,7-8H2,2-3H3/t10-,11?/m1/s1. The van der Waals surface area contributed by atoms with Gasteiger partial charge in [0.15, 0.2) is 0 Å². The molecular weight excluding hydrogens is 132 g/mol. The molecule has 0 aromatic heterocycles. The van der Waals surface area contributed by atoms with Crippen LogP contribution < -0.4 is 0 Å². The summed E-state index contributed by atoms with van der Waals surface area (Å²) in [6, 6.07) is 0. The molecule has 0 heterocycles. The Kier molecular flexibility index (Phi) is 2.92. The van der Waals surface area contributed by atoms with Gasteiger partial charge in [-0.25, -0.2) is 0 Å². The van der Waals surface area contributed by atoms with Crippen LogP contribution in [0.5, 0.6) is 0 Å². The quantitative estimate of drug-likeness (QED) is 0.528. The molecule has 11 heavy (non-hydrogen) atoms. The Morgan fingerprint density at radius 3 is 2.64 bits per heavy atom. The van der Waals surface area contributed by atoms with Crippen LogP contribution in [0, 0.1) is 11.8 Å². The summed E-state index contributed by atoms with van der Waals surface area (Å²) >= 11 is 0. The Balaban J connectivity index is 2.58. The highest BCUT2D eigenvalue weighted by Gasteiger charge is 2.23. The summed E-state index contributed by atoms with van der Waals surface area (Å²) in [5.41, 5.74) is 1.52. The van der Waals surface area contributed by atoms with Gasteiger partial charge in [-0.1, -0.05) is 44.1 Å². The van der Waals surface area contributed by atoms with E-state index in [-0.39, 0.29) is 0 Å². The molecule has 1 aliphatic carbocycles. The largest absolute Gasteiger partial charge is 0.0991 e. The van der Waals surface area contributed by atoms with Gasteiger partial charge in [0.1, 0.15) is 0 Å². The monoisotopic (exact) mass is 150 g/mol. The molecule has 2 atom stereocenters. The van der Waals surface area contributed by atoms with Gasteiger partial charge >= 0.3 is 0 Å². The van der Waals surface area contributed by atoms with E-state index in [9.17, 15) is 0 Å². The molecule has 0 radical (unpaired) electrons. The summed E-state index contributed by atoms with van der Waals surface area (Å²) in [5.74, 6) is 1.74. The fourth-order valence-corrected chi connectivity index (χ4v) is 2.13. The van der Waals surface area contributed by atoms with Gasteiger partial charge in [-0.3, -0.25) is 0 Å². The predicted octanol–water partition coefficient (Wildman–Crippen LogP) is 3.55.